The van der Waals surface area contributed by atoms with Crippen molar-refractivity contribution in [1.29, 1.82) is 0 Å². The third-order valence-corrected chi connectivity index (χ3v) is 9.60. The molecule has 0 spiro atoms. The number of benzene rings is 3. The van der Waals surface area contributed by atoms with Crippen LogP contribution in [0.15, 0.2) is 85.3 Å². The highest BCUT2D eigenvalue weighted by Crippen LogP contribution is 2.21. The molecule has 4 amide bonds. The molecule has 1 aromatic heterocycles. The summed E-state index contributed by atoms with van der Waals surface area (Å²) in [6.45, 7) is 11.1. The van der Waals surface area contributed by atoms with Crippen LogP contribution >= 0.6 is 0 Å². The molecule has 3 unspecified atom stereocenters. The molecule has 4 rings (SSSR count). The van der Waals surface area contributed by atoms with E-state index in [-0.39, 0.29) is 37.7 Å². The first-order valence-corrected chi connectivity index (χ1v) is 18.9. The molecule has 0 saturated heterocycles. The number of hydrogen-bond acceptors (Lipinski definition) is 7. The second-order valence-electron chi connectivity index (χ2n) is 14.4. The van der Waals surface area contributed by atoms with Gasteiger partial charge in [-0.25, -0.2) is 9.78 Å². The molecule has 5 N–H and O–H groups in total. The monoisotopic (exact) mass is 740 g/mol. The number of hydrogen-bond donors (Lipinski definition) is 5. The van der Waals surface area contributed by atoms with Gasteiger partial charge in [0.2, 0.25) is 17.7 Å². The van der Waals surface area contributed by atoms with Crippen molar-refractivity contribution in [2.75, 3.05) is 13.1 Å². The predicted octanol–water partition coefficient (Wildman–Crippen LogP) is 5.30. The first kappa shape index (κ1) is 41.5. The standard InChI is InChI=1S/C42H56N6O6/c1-6-29(5)25-48(7-2)39(50)23-38(49)35(20-28(3)4)45-41(52)37(22-33-24-43-27-44-33)46-40(51)36(47-42(53)54-26-30-14-9-8-10-15-30)21-32-18-13-17-31-16-11-12-19-34(31)32/h8-19,24,27-29,35-38,49H,6-7,20-23,25-26H2,1-5H3,(H,43,44)(H,45,52)(H,46,51)(H,47,53)/t29?,35?,36-,37-,38?/m0/s1. The fourth-order valence-electron chi connectivity index (χ4n) is 6.37. The molecule has 0 aliphatic heterocycles. The molecular weight excluding hydrogens is 684 g/mol. The Hall–Kier alpha value is -5.23. The number of rotatable bonds is 20. The van der Waals surface area contributed by atoms with Gasteiger partial charge in [-0.3, -0.25) is 14.4 Å². The Balaban J connectivity index is 1.56. The van der Waals surface area contributed by atoms with E-state index in [1.807, 2.05) is 93.6 Å². The van der Waals surface area contributed by atoms with E-state index in [2.05, 4.69) is 39.8 Å². The Morgan fingerprint density at radius 3 is 2.22 bits per heavy atom. The van der Waals surface area contributed by atoms with Gasteiger partial charge in [-0.1, -0.05) is 107 Å². The maximum atomic E-state index is 14.2. The van der Waals surface area contributed by atoms with Crippen molar-refractivity contribution in [3.8, 4) is 0 Å². The van der Waals surface area contributed by atoms with E-state index in [4.69, 9.17) is 4.74 Å². The largest absolute Gasteiger partial charge is 0.445 e. The summed E-state index contributed by atoms with van der Waals surface area (Å²) < 4.78 is 5.49. The number of aromatic nitrogens is 2. The topological polar surface area (TPSA) is 166 Å². The fourth-order valence-corrected chi connectivity index (χ4v) is 6.37. The smallest absolute Gasteiger partial charge is 0.408 e. The number of ether oxygens (including phenoxy) is 1. The lowest BCUT2D eigenvalue weighted by Crippen LogP contribution is -2.57. The molecule has 1 heterocycles. The number of carbonyl (C=O) groups is 4. The van der Waals surface area contributed by atoms with Gasteiger partial charge in [0, 0.05) is 37.8 Å². The van der Waals surface area contributed by atoms with Crippen molar-refractivity contribution in [2.24, 2.45) is 11.8 Å². The summed E-state index contributed by atoms with van der Waals surface area (Å²) in [4.78, 5) is 63.6. The van der Waals surface area contributed by atoms with E-state index in [1.165, 1.54) is 6.33 Å². The Morgan fingerprint density at radius 2 is 1.54 bits per heavy atom. The van der Waals surface area contributed by atoms with Gasteiger partial charge in [0.25, 0.3) is 0 Å². The second kappa shape index (κ2) is 20.9. The molecule has 4 aromatic rings. The van der Waals surface area contributed by atoms with Crippen LogP contribution in [0.25, 0.3) is 10.8 Å². The maximum Gasteiger partial charge on any atom is 0.408 e. The number of alkyl carbamates (subject to hydrolysis) is 1. The van der Waals surface area contributed by atoms with Crippen molar-refractivity contribution in [3.05, 3.63) is 102 Å². The van der Waals surface area contributed by atoms with Crippen molar-refractivity contribution in [2.45, 2.75) is 97.6 Å². The molecule has 54 heavy (non-hydrogen) atoms. The van der Waals surface area contributed by atoms with Crippen LogP contribution in [-0.4, -0.2) is 81.1 Å². The fraction of sp³-hybridized carbons (Fsp3) is 0.452. The molecule has 0 aliphatic carbocycles. The van der Waals surface area contributed by atoms with E-state index in [9.17, 15) is 24.3 Å². The highest BCUT2D eigenvalue weighted by Gasteiger charge is 2.32. The third kappa shape index (κ3) is 12.7. The Bertz CT molecular complexity index is 1780. The molecule has 5 atom stereocenters. The number of aliphatic hydroxyl groups excluding tert-OH is 1. The average Bonchev–Trinajstić information content (AvgIpc) is 3.68. The van der Waals surface area contributed by atoms with Gasteiger partial charge in [0.05, 0.1) is 24.9 Å². The summed E-state index contributed by atoms with van der Waals surface area (Å²) in [5.41, 5.74) is 2.21. The Kier molecular flexibility index (Phi) is 16.0. The van der Waals surface area contributed by atoms with E-state index in [1.54, 1.807) is 11.1 Å². The minimum absolute atomic E-state index is 0.00977. The molecular formula is C42H56N6O6. The molecule has 0 bridgehead atoms. The summed E-state index contributed by atoms with van der Waals surface area (Å²) in [6.07, 6.45) is 2.46. The number of H-pyrrole nitrogens is 1. The van der Waals surface area contributed by atoms with Gasteiger partial charge in [-0.05, 0) is 47.1 Å². The molecule has 0 radical (unpaired) electrons. The number of fused-ring (bicyclic) bond motifs is 1. The first-order chi connectivity index (χ1) is 26.0. The third-order valence-electron chi connectivity index (χ3n) is 9.60. The zero-order chi connectivity index (χ0) is 39.0. The van der Waals surface area contributed by atoms with Gasteiger partial charge >= 0.3 is 6.09 Å². The number of aliphatic hydroxyl groups is 1. The number of carbonyl (C=O) groups excluding carboxylic acids is 4. The van der Waals surface area contributed by atoms with Crippen LogP contribution in [0.2, 0.25) is 0 Å². The number of imidazole rings is 1. The van der Waals surface area contributed by atoms with E-state index < -0.39 is 42.1 Å². The van der Waals surface area contributed by atoms with Crippen LogP contribution in [-0.2, 0) is 38.6 Å². The molecule has 3 aromatic carbocycles. The van der Waals surface area contributed by atoms with Gasteiger partial charge in [0.1, 0.15) is 18.7 Å². The van der Waals surface area contributed by atoms with Crippen LogP contribution in [0.5, 0.6) is 0 Å². The lowest BCUT2D eigenvalue weighted by atomic mass is 9.95. The number of aromatic amines is 1. The zero-order valence-corrected chi connectivity index (χ0v) is 32.1. The van der Waals surface area contributed by atoms with E-state index >= 15 is 0 Å². The first-order valence-electron chi connectivity index (χ1n) is 18.9. The predicted molar refractivity (Wildman–Crippen MR) is 209 cm³/mol. The van der Waals surface area contributed by atoms with Gasteiger partial charge < -0.3 is 35.7 Å². The van der Waals surface area contributed by atoms with Crippen molar-refractivity contribution in [1.82, 2.24) is 30.8 Å². The maximum absolute atomic E-state index is 14.2. The summed E-state index contributed by atoms with van der Waals surface area (Å²) in [5, 5.41) is 21.8. The molecule has 0 saturated carbocycles. The highest BCUT2D eigenvalue weighted by atomic mass is 16.5. The number of nitrogens with one attached hydrogen (secondary N) is 4. The zero-order valence-electron chi connectivity index (χ0n) is 32.1. The van der Waals surface area contributed by atoms with Crippen LogP contribution in [0.4, 0.5) is 4.79 Å². The summed E-state index contributed by atoms with van der Waals surface area (Å²) in [7, 11) is 0. The van der Waals surface area contributed by atoms with Gasteiger partial charge in [0.15, 0.2) is 0 Å². The van der Waals surface area contributed by atoms with Crippen molar-refractivity contribution < 1.29 is 29.0 Å². The van der Waals surface area contributed by atoms with Gasteiger partial charge in [-0.2, -0.15) is 0 Å². The second-order valence-corrected chi connectivity index (χ2v) is 14.4. The number of amides is 4. The Morgan fingerprint density at radius 1 is 0.852 bits per heavy atom. The van der Waals surface area contributed by atoms with Gasteiger partial charge in [-0.15, -0.1) is 0 Å². The molecule has 12 nitrogen and oxygen atoms in total. The normalized spacial score (nSPS) is 14.1. The van der Waals surface area contributed by atoms with Crippen molar-refractivity contribution >= 4 is 34.6 Å². The summed E-state index contributed by atoms with van der Waals surface area (Å²) in [5.74, 6) is -0.929. The van der Waals surface area contributed by atoms with Crippen LogP contribution in [0.1, 0.15) is 70.7 Å². The molecule has 0 aliphatic rings. The van der Waals surface area contributed by atoms with Crippen molar-refractivity contribution in [3.63, 3.8) is 0 Å². The molecule has 0 fully saturated rings. The van der Waals surface area contributed by atoms with Crippen LogP contribution < -0.4 is 16.0 Å². The lowest BCUT2D eigenvalue weighted by Gasteiger charge is -2.30. The number of nitrogens with zero attached hydrogens (tertiary/aromatic N) is 2. The minimum Gasteiger partial charge on any atom is -0.445 e. The highest BCUT2D eigenvalue weighted by molar-refractivity contribution is 5.93. The lowest BCUT2D eigenvalue weighted by molar-refractivity contribution is -0.135. The molecule has 290 valence electrons. The molecule has 12 heteroatoms. The van der Waals surface area contributed by atoms with E-state index in [0.717, 1.165) is 28.3 Å². The minimum atomic E-state index is -1.15. The Labute approximate surface area is 318 Å². The van der Waals surface area contributed by atoms with Crippen LogP contribution in [0.3, 0.4) is 0 Å². The average molecular weight is 741 g/mol. The van der Waals surface area contributed by atoms with E-state index in [0.29, 0.717) is 31.1 Å². The summed E-state index contributed by atoms with van der Waals surface area (Å²) >= 11 is 0. The summed E-state index contributed by atoms with van der Waals surface area (Å²) in [6, 6.07) is 19.8. The van der Waals surface area contributed by atoms with Crippen LogP contribution in [0, 0.1) is 11.8 Å². The quantitative estimate of drug-likeness (QED) is 0.0820. The SMILES string of the molecule is CCC(C)CN(CC)C(=O)CC(O)C(CC(C)C)NC(=O)[C@H](Cc1cnc[nH]1)NC(=O)[C@H](Cc1cccc2ccccc12)NC(=O)OCc1ccccc1.